The first kappa shape index (κ1) is 6.08. The van der Waals surface area contributed by atoms with Crippen LogP contribution in [0.15, 0.2) is 0 Å². The van der Waals surface area contributed by atoms with Gasteiger partial charge in [0.25, 0.3) is 0 Å². The lowest BCUT2D eigenvalue weighted by Crippen LogP contribution is -1.61. The molecule has 5 heteroatoms. The first-order chi connectivity index (χ1) is 2.81. The molecule has 0 N–H and O–H groups in total. The summed E-state index contributed by atoms with van der Waals surface area (Å²) in [5.74, 6) is 0. The molecule has 0 amide bonds. The van der Waals surface area contributed by atoms with Crippen molar-refractivity contribution in [3.63, 3.8) is 0 Å². The van der Waals surface area contributed by atoms with Crippen molar-refractivity contribution < 1.29 is 18.3 Å². The molecule has 0 aromatic rings. The van der Waals surface area contributed by atoms with Crippen molar-refractivity contribution in [2.75, 3.05) is 7.11 Å². The van der Waals surface area contributed by atoms with Gasteiger partial charge in [-0.05, 0) is 4.53 Å². The highest BCUT2D eigenvalue weighted by Gasteiger charge is 1.88. The highest BCUT2D eigenvalue weighted by atomic mass is 31.1. The first-order valence-corrected chi connectivity index (χ1v) is 2.40. The molecule has 0 saturated carbocycles. The standard InChI is InChI=1S/CH4FO3P/c1-4-6(3)5-2/h6H,1H3. The van der Waals surface area contributed by atoms with Gasteiger partial charge < -0.3 is 4.52 Å². The number of hydrogen-bond acceptors (Lipinski definition) is 3. The van der Waals surface area contributed by atoms with Crippen molar-refractivity contribution in [1.82, 2.24) is 0 Å². The number of hydrogen-bond donors (Lipinski definition) is 0. The lowest BCUT2D eigenvalue weighted by Gasteiger charge is -1.83. The predicted molar refractivity (Wildman–Crippen MR) is 18.2 cm³/mol. The summed E-state index contributed by atoms with van der Waals surface area (Å²) in [5.41, 5.74) is 0. The second kappa shape index (κ2) is 3.28. The van der Waals surface area contributed by atoms with Gasteiger partial charge in [0, 0.05) is 7.11 Å². The van der Waals surface area contributed by atoms with Crippen molar-refractivity contribution in [3.05, 3.63) is 0 Å². The van der Waals surface area contributed by atoms with Gasteiger partial charge in [0.1, 0.15) is 0 Å². The molecule has 0 aliphatic heterocycles. The van der Waals surface area contributed by atoms with E-state index < -0.39 is 8.25 Å². The Labute approximate surface area is 34.9 Å². The second-order valence-corrected chi connectivity index (χ2v) is 1.59. The van der Waals surface area contributed by atoms with Crippen LogP contribution in [0.1, 0.15) is 0 Å². The van der Waals surface area contributed by atoms with Crippen LogP contribution in [0.2, 0.25) is 0 Å². The van der Waals surface area contributed by atoms with E-state index in [9.17, 15) is 9.09 Å². The zero-order chi connectivity index (χ0) is 4.99. The summed E-state index contributed by atoms with van der Waals surface area (Å²) >= 11 is 0. The largest absolute Gasteiger partial charge is 0.352 e. The zero-order valence-corrected chi connectivity index (χ0v) is 4.10. The minimum atomic E-state index is -2.78. The maximum Gasteiger partial charge on any atom is 0.352 e. The van der Waals surface area contributed by atoms with Crippen LogP contribution < -0.4 is 0 Å². The molecule has 1 unspecified atom stereocenters. The average Bonchev–Trinajstić information content (AvgIpc) is 1.65. The van der Waals surface area contributed by atoms with E-state index in [1.165, 1.54) is 0 Å². The fraction of sp³-hybridized carbons (Fsp3) is 1.00. The van der Waals surface area contributed by atoms with Gasteiger partial charge >= 0.3 is 8.25 Å². The van der Waals surface area contributed by atoms with Crippen LogP contribution in [0, 0.1) is 0 Å². The van der Waals surface area contributed by atoms with Crippen LogP contribution in [0.25, 0.3) is 0 Å². The SMILES string of the molecule is CO[PH](=O)OF. The Bertz CT molecular complexity index is 48.8. The van der Waals surface area contributed by atoms with E-state index in [4.69, 9.17) is 0 Å². The topological polar surface area (TPSA) is 35.5 Å². The maximum atomic E-state index is 10.5. The molecule has 0 aliphatic rings. The molecule has 3 nitrogen and oxygen atoms in total. The first-order valence-electron chi connectivity index (χ1n) is 1.17. The zero-order valence-electron chi connectivity index (χ0n) is 3.10. The monoisotopic (exact) mass is 114 g/mol. The van der Waals surface area contributed by atoms with Gasteiger partial charge in [0.15, 0.2) is 0 Å². The Morgan fingerprint density at radius 2 is 2.33 bits per heavy atom. The maximum absolute atomic E-state index is 10.5. The van der Waals surface area contributed by atoms with Crippen LogP contribution in [0.3, 0.4) is 0 Å². The molecule has 0 saturated heterocycles. The summed E-state index contributed by atoms with van der Waals surface area (Å²) in [5, 5.41) is 0. The smallest absolute Gasteiger partial charge is 0.312 e. The molecule has 0 aliphatic carbocycles. The highest BCUT2D eigenvalue weighted by molar-refractivity contribution is 7.33. The molecule has 0 aromatic heterocycles. The lowest BCUT2D eigenvalue weighted by atomic mass is 11.8. The highest BCUT2D eigenvalue weighted by Crippen LogP contribution is 2.20. The van der Waals surface area contributed by atoms with Gasteiger partial charge in [0.2, 0.25) is 0 Å². The molecule has 0 bridgehead atoms. The van der Waals surface area contributed by atoms with Crippen LogP contribution in [0.4, 0.5) is 4.53 Å². The van der Waals surface area contributed by atoms with Gasteiger partial charge in [-0.15, -0.1) is 4.73 Å². The van der Waals surface area contributed by atoms with Crippen molar-refractivity contribution in [2.24, 2.45) is 0 Å². The Balaban J connectivity index is 2.99. The van der Waals surface area contributed by atoms with E-state index >= 15 is 0 Å². The van der Waals surface area contributed by atoms with Gasteiger partial charge in [-0.1, -0.05) is 0 Å². The van der Waals surface area contributed by atoms with Gasteiger partial charge in [-0.3, -0.25) is 4.57 Å². The van der Waals surface area contributed by atoms with Crippen molar-refractivity contribution in [3.8, 4) is 0 Å². The molecule has 1 atom stereocenters. The average molecular weight is 114 g/mol. The summed E-state index contributed by atoms with van der Waals surface area (Å²) < 4.78 is 26.6. The van der Waals surface area contributed by atoms with E-state index in [2.05, 4.69) is 9.25 Å². The van der Waals surface area contributed by atoms with Gasteiger partial charge in [-0.25, -0.2) is 0 Å². The summed E-state index contributed by atoms with van der Waals surface area (Å²) in [6.07, 6.45) is 0. The molecule has 6 heavy (non-hydrogen) atoms. The predicted octanol–water partition coefficient (Wildman–Crippen LogP) is 0.924. The van der Waals surface area contributed by atoms with Gasteiger partial charge in [0.05, 0.1) is 0 Å². The van der Waals surface area contributed by atoms with Gasteiger partial charge in [-0.2, -0.15) is 0 Å². The fourth-order valence-corrected chi connectivity index (χ4v) is 0.0945. The second-order valence-electron chi connectivity index (χ2n) is 0.531. The molecule has 0 rings (SSSR count). The third kappa shape index (κ3) is 2.33. The van der Waals surface area contributed by atoms with E-state index in [0.717, 1.165) is 7.11 Å². The van der Waals surface area contributed by atoms with Crippen LogP contribution in [0.5, 0.6) is 0 Å². The molecule has 0 fully saturated rings. The Hall–Kier alpha value is 0.0800. The van der Waals surface area contributed by atoms with Crippen molar-refractivity contribution in [1.29, 1.82) is 0 Å². The Kier molecular flexibility index (Phi) is 3.32. The summed E-state index contributed by atoms with van der Waals surface area (Å²) in [6.45, 7) is 0. The summed E-state index contributed by atoms with van der Waals surface area (Å²) in [4.78, 5) is 0. The van der Waals surface area contributed by atoms with Crippen LogP contribution >= 0.6 is 8.25 Å². The van der Waals surface area contributed by atoms with Crippen LogP contribution in [-0.4, -0.2) is 7.11 Å². The van der Waals surface area contributed by atoms with E-state index in [0.29, 0.717) is 0 Å². The summed E-state index contributed by atoms with van der Waals surface area (Å²) in [6, 6.07) is 0. The minimum Gasteiger partial charge on any atom is -0.312 e. The Morgan fingerprint density at radius 3 is 2.33 bits per heavy atom. The van der Waals surface area contributed by atoms with E-state index in [1.807, 2.05) is 0 Å². The van der Waals surface area contributed by atoms with Crippen molar-refractivity contribution >= 4 is 8.25 Å². The molecule has 0 aromatic carbocycles. The Morgan fingerprint density at radius 1 is 1.83 bits per heavy atom. The number of rotatable bonds is 2. The molecule has 0 heterocycles. The minimum absolute atomic E-state index is 1.10. The van der Waals surface area contributed by atoms with Crippen LogP contribution in [-0.2, 0) is 13.8 Å². The molecule has 0 radical (unpaired) electrons. The van der Waals surface area contributed by atoms with E-state index in [1.54, 1.807) is 0 Å². The van der Waals surface area contributed by atoms with Crippen molar-refractivity contribution in [2.45, 2.75) is 0 Å². The fourth-order valence-electron chi connectivity index (χ4n) is 0.0315. The molecule has 38 valence electrons. The van der Waals surface area contributed by atoms with E-state index in [-0.39, 0.29) is 0 Å². The third-order valence-corrected chi connectivity index (χ3v) is 0.689. The number of halogens is 1. The summed E-state index contributed by atoms with van der Waals surface area (Å²) in [7, 11) is -1.69. The molecule has 0 spiro atoms. The lowest BCUT2D eigenvalue weighted by molar-refractivity contribution is -0.0126. The molecular weight excluding hydrogens is 110 g/mol. The molecular formula is CH4FO3P. The quantitative estimate of drug-likeness (QED) is 0.501. The third-order valence-electron chi connectivity index (χ3n) is 0.230. The normalized spacial score (nSPS) is 14.3.